The Hall–Kier alpha value is -2.46. The molecule has 106 valence electrons. The average molecular weight is 279 g/mol. The first kappa shape index (κ1) is 13.5. The summed E-state index contributed by atoms with van der Waals surface area (Å²) in [4.78, 5) is 0. The fourth-order valence-corrected chi connectivity index (χ4v) is 2.31. The molecule has 2 N–H and O–H groups in total. The topological polar surface area (TPSA) is 64.9 Å². The van der Waals surface area contributed by atoms with Gasteiger partial charge in [-0.15, -0.1) is 10.2 Å². The number of aromatic nitrogens is 2. The highest BCUT2D eigenvalue weighted by atomic mass is 16.4. The van der Waals surface area contributed by atoms with Crippen LogP contribution in [0.4, 0.5) is 0 Å². The van der Waals surface area contributed by atoms with Gasteiger partial charge in [0.15, 0.2) is 0 Å². The van der Waals surface area contributed by atoms with Gasteiger partial charge in [-0.05, 0) is 23.6 Å². The van der Waals surface area contributed by atoms with E-state index in [1.807, 2.05) is 48.5 Å². The Bertz CT molecular complexity index is 722. The third kappa shape index (κ3) is 2.71. The Morgan fingerprint density at radius 3 is 2.48 bits per heavy atom. The molecule has 4 nitrogen and oxygen atoms in total. The Labute approximate surface area is 123 Å². The SMILES string of the molecule is CCc1ccccc1-c1nnc(C(N)c2ccccc2)o1. The van der Waals surface area contributed by atoms with Gasteiger partial charge in [-0.2, -0.15) is 0 Å². The number of nitrogens with two attached hydrogens (primary N) is 1. The number of rotatable bonds is 4. The zero-order valence-corrected chi connectivity index (χ0v) is 11.9. The number of hydrogen-bond donors (Lipinski definition) is 1. The maximum absolute atomic E-state index is 6.18. The third-order valence-corrected chi connectivity index (χ3v) is 3.49. The van der Waals surface area contributed by atoms with Crippen molar-refractivity contribution >= 4 is 0 Å². The molecule has 3 aromatic rings. The lowest BCUT2D eigenvalue weighted by Gasteiger charge is -2.06. The van der Waals surface area contributed by atoms with Crippen molar-refractivity contribution in [3.05, 3.63) is 71.6 Å². The molecule has 0 fully saturated rings. The van der Waals surface area contributed by atoms with Crippen LogP contribution in [0.2, 0.25) is 0 Å². The smallest absolute Gasteiger partial charge is 0.248 e. The first-order valence-corrected chi connectivity index (χ1v) is 7.01. The van der Waals surface area contributed by atoms with Crippen LogP contribution in [-0.4, -0.2) is 10.2 Å². The van der Waals surface area contributed by atoms with E-state index in [2.05, 4.69) is 23.2 Å². The molecule has 0 radical (unpaired) electrons. The molecular weight excluding hydrogens is 262 g/mol. The predicted octanol–water partition coefficient (Wildman–Crippen LogP) is 3.35. The minimum atomic E-state index is -0.402. The number of hydrogen-bond acceptors (Lipinski definition) is 4. The van der Waals surface area contributed by atoms with Gasteiger partial charge in [-0.3, -0.25) is 0 Å². The lowest BCUT2D eigenvalue weighted by molar-refractivity contribution is 0.484. The molecule has 1 heterocycles. The molecule has 2 aromatic carbocycles. The molecule has 1 atom stereocenters. The lowest BCUT2D eigenvalue weighted by atomic mass is 10.1. The zero-order chi connectivity index (χ0) is 14.7. The number of nitrogens with zero attached hydrogens (tertiary/aromatic N) is 2. The minimum absolute atomic E-state index is 0.402. The Morgan fingerprint density at radius 2 is 1.71 bits per heavy atom. The molecule has 0 aliphatic rings. The Morgan fingerprint density at radius 1 is 1.00 bits per heavy atom. The summed E-state index contributed by atoms with van der Waals surface area (Å²) in [6.45, 7) is 2.10. The van der Waals surface area contributed by atoms with Crippen LogP contribution < -0.4 is 5.73 Å². The molecule has 0 bridgehead atoms. The first-order chi connectivity index (χ1) is 10.3. The molecule has 21 heavy (non-hydrogen) atoms. The highest BCUT2D eigenvalue weighted by Gasteiger charge is 2.18. The van der Waals surface area contributed by atoms with Gasteiger partial charge in [0, 0.05) is 5.56 Å². The van der Waals surface area contributed by atoms with Gasteiger partial charge < -0.3 is 10.2 Å². The van der Waals surface area contributed by atoms with Crippen LogP contribution in [0.1, 0.15) is 30.0 Å². The summed E-state index contributed by atoms with van der Waals surface area (Å²) in [7, 11) is 0. The number of aryl methyl sites for hydroxylation is 1. The maximum atomic E-state index is 6.18. The standard InChI is InChI=1S/C17H17N3O/c1-2-12-8-6-7-11-14(12)16-19-20-17(21-16)15(18)13-9-4-3-5-10-13/h3-11,15H,2,18H2,1H3. The Kier molecular flexibility index (Phi) is 3.79. The molecule has 1 unspecified atom stereocenters. The van der Waals surface area contributed by atoms with E-state index in [0.29, 0.717) is 11.8 Å². The third-order valence-electron chi connectivity index (χ3n) is 3.49. The van der Waals surface area contributed by atoms with Crippen LogP contribution >= 0.6 is 0 Å². The van der Waals surface area contributed by atoms with Crippen molar-refractivity contribution in [2.24, 2.45) is 5.73 Å². The van der Waals surface area contributed by atoms with Gasteiger partial charge >= 0.3 is 0 Å². The maximum Gasteiger partial charge on any atom is 0.248 e. The van der Waals surface area contributed by atoms with Gasteiger partial charge in [0.25, 0.3) is 0 Å². The second-order valence-corrected chi connectivity index (χ2v) is 4.84. The summed E-state index contributed by atoms with van der Waals surface area (Å²) in [6.07, 6.45) is 0.915. The molecule has 0 spiro atoms. The summed E-state index contributed by atoms with van der Waals surface area (Å²) < 4.78 is 5.78. The molecular formula is C17H17N3O. The predicted molar refractivity (Wildman–Crippen MR) is 81.6 cm³/mol. The summed E-state index contributed by atoms with van der Waals surface area (Å²) in [5.41, 5.74) is 9.29. The van der Waals surface area contributed by atoms with Crippen LogP contribution in [-0.2, 0) is 6.42 Å². The van der Waals surface area contributed by atoms with Crippen LogP contribution in [0, 0.1) is 0 Å². The highest BCUT2D eigenvalue weighted by molar-refractivity contribution is 5.58. The van der Waals surface area contributed by atoms with Crippen molar-refractivity contribution < 1.29 is 4.42 Å². The molecule has 0 amide bonds. The fraction of sp³-hybridized carbons (Fsp3) is 0.176. The van der Waals surface area contributed by atoms with Gasteiger partial charge in [0.05, 0.1) is 0 Å². The van der Waals surface area contributed by atoms with E-state index >= 15 is 0 Å². The van der Waals surface area contributed by atoms with E-state index in [4.69, 9.17) is 10.2 Å². The highest BCUT2D eigenvalue weighted by Crippen LogP contribution is 2.26. The van der Waals surface area contributed by atoms with Gasteiger partial charge in [-0.1, -0.05) is 55.5 Å². The normalized spacial score (nSPS) is 12.3. The monoisotopic (exact) mass is 279 g/mol. The van der Waals surface area contributed by atoms with Crippen LogP contribution in [0.5, 0.6) is 0 Å². The average Bonchev–Trinajstić information content (AvgIpc) is 3.04. The quantitative estimate of drug-likeness (QED) is 0.795. The van der Waals surface area contributed by atoms with Crippen molar-refractivity contribution in [2.45, 2.75) is 19.4 Å². The zero-order valence-electron chi connectivity index (χ0n) is 11.9. The summed E-state index contributed by atoms with van der Waals surface area (Å²) >= 11 is 0. The molecule has 0 aliphatic carbocycles. The van der Waals surface area contributed by atoms with E-state index in [9.17, 15) is 0 Å². The number of benzene rings is 2. The van der Waals surface area contributed by atoms with Crippen molar-refractivity contribution in [1.82, 2.24) is 10.2 Å². The summed E-state index contributed by atoms with van der Waals surface area (Å²) in [5.74, 6) is 0.955. The van der Waals surface area contributed by atoms with E-state index in [0.717, 1.165) is 17.5 Å². The van der Waals surface area contributed by atoms with Gasteiger partial charge in [0.2, 0.25) is 11.8 Å². The van der Waals surface area contributed by atoms with E-state index in [1.165, 1.54) is 5.56 Å². The molecule has 0 saturated heterocycles. The molecule has 4 heteroatoms. The van der Waals surface area contributed by atoms with Crippen LogP contribution in [0.15, 0.2) is 59.0 Å². The first-order valence-electron chi connectivity index (χ1n) is 7.01. The summed E-state index contributed by atoms with van der Waals surface area (Å²) in [5, 5.41) is 8.25. The summed E-state index contributed by atoms with van der Waals surface area (Å²) in [6, 6.07) is 17.4. The minimum Gasteiger partial charge on any atom is -0.419 e. The molecule has 0 aliphatic heterocycles. The van der Waals surface area contributed by atoms with Crippen molar-refractivity contribution in [3.63, 3.8) is 0 Å². The van der Waals surface area contributed by atoms with Gasteiger partial charge in [-0.25, -0.2) is 0 Å². The van der Waals surface area contributed by atoms with E-state index < -0.39 is 6.04 Å². The molecule has 1 aromatic heterocycles. The van der Waals surface area contributed by atoms with Crippen molar-refractivity contribution in [1.29, 1.82) is 0 Å². The van der Waals surface area contributed by atoms with Gasteiger partial charge in [0.1, 0.15) is 6.04 Å². The second kappa shape index (κ2) is 5.89. The van der Waals surface area contributed by atoms with E-state index in [1.54, 1.807) is 0 Å². The van der Waals surface area contributed by atoms with Crippen LogP contribution in [0.3, 0.4) is 0 Å². The van der Waals surface area contributed by atoms with Crippen LogP contribution in [0.25, 0.3) is 11.5 Å². The molecule has 3 rings (SSSR count). The lowest BCUT2D eigenvalue weighted by Crippen LogP contribution is -2.11. The largest absolute Gasteiger partial charge is 0.419 e. The molecule has 0 saturated carbocycles. The second-order valence-electron chi connectivity index (χ2n) is 4.84. The van der Waals surface area contributed by atoms with Crippen molar-refractivity contribution in [2.75, 3.05) is 0 Å². The van der Waals surface area contributed by atoms with Crippen molar-refractivity contribution in [3.8, 4) is 11.5 Å². The Balaban J connectivity index is 1.93. The fourth-order valence-electron chi connectivity index (χ4n) is 2.31. The van der Waals surface area contributed by atoms with E-state index in [-0.39, 0.29) is 0 Å².